The first kappa shape index (κ1) is 9.11. The molecule has 0 atom stereocenters. The van der Waals surface area contributed by atoms with Gasteiger partial charge in [0.2, 0.25) is 0 Å². The molecule has 0 spiro atoms. The summed E-state index contributed by atoms with van der Waals surface area (Å²) < 4.78 is 0. The number of anilines is 1. The zero-order valence-corrected chi connectivity index (χ0v) is 6.88. The molecule has 0 aliphatic heterocycles. The minimum Gasteiger partial charge on any atom is -0.258 e. The molecule has 6 heteroatoms. The van der Waals surface area contributed by atoms with E-state index in [1.54, 1.807) is 6.07 Å². The maximum atomic E-state index is 10.5. The number of hydrogen-bond acceptors (Lipinski definition) is 4. The predicted molar refractivity (Wildman–Crippen MR) is 47.3 cm³/mol. The van der Waals surface area contributed by atoms with Crippen LogP contribution in [-0.2, 0) is 0 Å². The Bertz CT molecular complexity index is 340. The third-order valence-electron chi connectivity index (χ3n) is 1.55. The fourth-order valence-electron chi connectivity index (χ4n) is 0.936. The van der Waals surface area contributed by atoms with Gasteiger partial charge in [-0.05, 0) is 6.07 Å². The van der Waals surface area contributed by atoms with E-state index in [-0.39, 0.29) is 11.4 Å². The normalized spacial score (nSPS) is 9.31. The van der Waals surface area contributed by atoms with Gasteiger partial charge in [0.1, 0.15) is 5.69 Å². The fraction of sp³-hybridized carbons (Fsp3) is 0.143. The lowest BCUT2D eigenvalue weighted by Crippen LogP contribution is -2.08. The maximum absolute atomic E-state index is 10.5. The number of para-hydroxylation sites is 2. The van der Waals surface area contributed by atoms with E-state index < -0.39 is 4.92 Å². The van der Waals surface area contributed by atoms with E-state index in [4.69, 9.17) is 0 Å². The molecule has 0 aromatic heterocycles. The van der Waals surface area contributed by atoms with Crippen molar-refractivity contribution in [3.8, 4) is 0 Å². The van der Waals surface area contributed by atoms with Gasteiger partial charge in [-0.15, -0.1) is 4.91 Å². The van der Waals surface area contributed by atoms with Gasteiger partial charge >= 0.3 is 0 Å². The van der Waals surface area contributed by atoms with Gasteiger partial charge in [0.15, 0.2) is 0 Å². The summed E-state index contributed by atoms with van der Waals surface area (Å²) in [6, 6.07) is 5.90. The van der Waals surface area contributed by atoms with Gasteiger partial charge in [0.05, 0.1) is 10.2 Å². The van der Waals surface area contributed by atoms with Gasteiger partial charge in [-0.25, -0.2) is 5.01 Å². The molecule has 0 bridgehead atoms. The third kappa shape index (κ3) is 1.78. The highest BCUT2D eigenvalue weighted by molar-refractivity contribution is 5.61. The minimum atomic E-state index is -0.559. The van der Waals surface area contributed by atoms with Crippen molar-refractivity contribution in [2.45, 2.75) is 0 Å². The summed E-state index contributed by atoms with van der Waals surface area (Å²) in [5.74, 6) is 0. The predicted octanol–water partition coefficient (Wildman–Crippen LogP) is 1.71. The Kier molecular flexibility index (Phi) is 2.53. The highest BCUT2D eigenvalue weighted by Crippen LogP contribution is 2.26. The van der Waals surface area contributed by atoms with Crippen molar-refractivity contribution in [2.75, 3.05) is 12.1 Å². The number of hydrogen-bond donors (Lipinski definition) is 0. The Morgan fingerprint density at radius 3 is 2.62 bits per heavy atom. The number of rotatable bonds is 3. The van der Waals surface area contributed by atoms with Crippen LogP contribution in [0.1, 0.15) is 0 Å². The number of benzene rings is 1. The molecule has 0 amide bonds. The average molecular weight is 181 g/mol. The largest absolute Gasteiger partial charge is 0.294 e. The summed E-state index contributed by atoms with van der Waals surface area (Å²) in [6.45, 7) is 0. The molecule has 13 heavy (non-hydrogen) atoms. The molecule has 1 aromatic rings. The van der Waals surface area contributed by atoms with Crippen molar-refractivity contribution in [3.63, 3.8) is 0 Å². The van der Waals surface area contributed by atoms with Crippen molar-refractivity contribution in [1.29, 1.82) is 0 Å². The van der Waals surface area contributed by atoms with Crippen LogP contribution in [0.3, 0.4) is 0 Å². The summed E-state index contributed by atoms with van der Waals surface area (Å²) in [5.41, 5.74) is 0.0482. The second-order valence-corrected chi connectivity index (χ2v) is 2.35. The van der Waals surface area contributed by atoms with Gasteiger partial charge in [-0.1, -0.05) is 12.1 Å². The Labute approximate surface area is 73.9 Å². The van der Waals surface area contributed by atoms with Gasteiger partial charge in [-0.3, -0.25) is 10.1 Å². The van der Waals surface area contributed by atoms with Crippen LogP contribution < -0.4 is 5.01 Å². The first-order chi connectivity index (χ1) is 6.16. The molecule has 0 saturated carbocycles. The summed E-state index contributed by atoms with van der Waals surface area (Å²) in [4.78, 5) is 20.1. The number of nitro benzene ring substituents is 1. The zero-order valence-electron chi connectivity index (χ0n) is 6.88. The van der Waals surface area contributed by atoms with Crippen LogP contribution in [0.15, 0.2) is 29.6 Å². The molecule has 0 saturated heterocycles. The van der Waals surface area contributed by atoms with E-state index in [1.807, 2.05) is 0 Å². The second-order valence-electron chi connectivity index (χ2n) is 2.35. The van der Waals surface area contributed by atoms with Crippen molar-refractivity contribution in [3.05, 3.63) is 39.3 Å². The van der Waals surface area contributed by atoms with Crippen LogP contribution >= 0.6 is 0 Å². The van der Waals surface area contributed by atoms with E-state index in [0.29, 0.717) is 0 Å². The van der Waals surface area contributed by atoms with Crippen molar-refractivity contribution < 1.29 is 4.92 Å². The van der Waals surface area contributed by atoms with Gasteiger partial charge in [0, 0.05) is 13.1 Å². The smallest absolute Gasteiger partial charge is 0.258 e. The van der Waals surface area contributed by atoms with Crippen LogP contribution in [0.4, 0.5) is 11.4 Å². The minimum absolute atomic E-state index is 0.135. The topological polar surface area (TPSA) is 75.8 Å². The van der Waals surface area contributed by atoms with Gasteiger partial charge in [0.25, 0.3) is 5.69 Å². The summed E-state index contributed by atoms with van der Waals surface area (Å²) >= 11 is 0. The van der Waals surface area contributed by atoms with E-state index in [2.05, 4.69) is 5.29 Å². The van der Waals surface area contributed by atoms with Crippen LogP contribution in [0.5, 0.6) is 0 Å². The Balaban J connectivity index is 3.19. The molecule has 1 aromatic carbocycles. The lowest BCUT2D eigenvalue weighted by molar-refractivity contribution is -0.384. The van der Waals surface area contributed by atoms with Crippen molar-refractivity contribution in [2.24, 2.45) is 5.29 Å². The fourth-order valence-corrected chi connectivity index (χ4v) is 0.936. The average Bonchev–Trinajstić information content (AvgIpc) is 2.16. The zero-order chi connectivity index (χ0) is 9.84. The number of nitrogens with zero attached hydrogens (tertiary/aromatic N) is 3. The van der Waals surface area contributed by atoms with Crippen LogP contribution in [0, 0.1) is 15.0 Å². The third-order valence-corrected chi connectivity index (χ3v) is 1.55. The molecule has 0 heterocycles. The molecule has 0 radical (unpaired) electrons. The van der Waals surface area contributed by atoms with Crippen LogP contribution in [-0.4, -0.2) is 12.0 Å². The molecule has 0 unspecified atom stereocenters. The summed E-state index contributed by atoms with van der Waals surface area (Å²) in [6.07, 6.45) is 0. The van der Waals surface area contributed by atoms with E-state index >= 15 is 0 Å². The highest BCUT2D eigenvalue weighted by Gasteiger charge is 2.15. The molecule has 6 nitrogen and oxygen atoms in total. The lowest BCUT2D eigenvalue weighted by Gasteiger charge is -2.07. The molecule has 0 aliphatic rings. The summed E-state index contributed by atoms with van der Waals surface area (Å²) in [5, 5.41) is 14.0. The first-order valence-corrected chi connectivity index (χ1v) is 3.47. The molecule has 68 valence electrons. The highest BCUT2D eigenvalue weighted by atomic mass is 16.6. The molecule has 0 aliphatic carbocycles. The number of nitro groups is 1. The number of nitroso groups, excluding NO2 is 1. The maximum Gasteiger partial charge on any atom is 0.294 e. The van der Waals surface area contributed by atoms with Crippen molar-refractivity contribution >= 4 is 11.4 Å². The Morgan fingerprint density at radius 1 is 1.46 bits per heavy atom. The Hall–Kier alpha value is -1.98. The SMILES string of the molecule is CN(N=O)c1ccccc1[N+](=O)[O-]. The van der Waals surface area contributed by atoms with Gasteiger partial charge in [-0.2, -0.15) is 0 Å². The Morgan fingerprint density at radius 2 is 2.08 bits per heavy atom. The van der Waals surface area contributed by atoms with E-state index in [9.17, 15) is 15.0 Å². The molecular formula is C7H7N3O3. The van der Waals surface area contributed by atoms with Crippen molar-refractivity contribution in [1.82, 2.24) is 0 Å². The van der Waals surface area contributed by atoms with E-state index in [1.165, 1.54) is 25.2 Å². The molecule has 1 rings (SSSR count). The first-order valence-electron chi connectivity index (χ1n) is 3.47. The standard InChI is InChI=1S/C7H7N3O3/c1-9(8-11)6-4-2-3-5-7(6)10(12)13/h2-5H,1H3. The quantitative estimate of drug-likeness (QED) is 0.404. The van der Waals surface area contributed by atoms with Gasteiger partial charge < -0.3 is 0 Å². The van der Waals surface area contributed by atoms with Crippen LogP contribution in [0.2, 0.25) is 0 Å². The molecule has 0 fully saturated rings. The van der Waals surface area contributed by atoms with E-state index in [0.717, 1.165) is 5.01 Å². The monoisotopic (exact) mass is 181 g/mol. The lowest BCUT2D eigenvalue weighted by atomic mass is 10.3. The van der Waals surface area contributed by atoms with Crippen LogP contribution in [0.25, 0.3) is 0 Å². The summed E-state index contributed by atoms with van der Waals surface area (Å²) in [7, 11) is 1.36. The second kappa shape index (κ2) is 3.61. The molecule has 0 N–H and O–H groups in total. The molecular weight excluding hydrogens is 174 g/mol.